The second-order valence-corrected chi connectivity index (χ2v) is 7.25. The smallest absolute Gasteiger partial charge is 0.222 e. The lowest BCUT2D eigenvalue weighted by molar-refractivity contribution is -0.132. The molecule has 0 aliphatic carbocycles. The van der Waals surface area contributed by atoms with Crippen molar-refractivity contribution in [2.75, 3.05) is 18.4 Å². The Bertz CT molecular complexity index is 774. The summed E-state index contributed by atoms with van der Waals surface area (Å²) in [5, 5.41) is 3.57. The average molecular weight is 354 g/mol. The van der Waals surface area contributed by atoms with Crippen LogP contribution < -0.4 is 5.32 Å². The number of amides is 1. The predicted octanol–water partition coefficient (Wildman–Crippen LogP) is 4.48. The first kappa shape index (κ1) is 18.4. The number of hydrogen-bond donors (Lipinski definition) is 1. The van der Waals surface area contributed by atoms with Gasteiger partial charge in [-0.15, -0.1) is 0 Å². The van der Waals surface area contributed by atoms with Crippen molar-refractivity contribution in [3.8, 4) is 0 Å². The van der Waals surface area contributed by atoms with Gasteiger partial charge in [0.2, 0.25) is 5.91 Å². The predicted molar refractivity (Wildman–Crippen MR) is 104 cm³/mol. The molecule has 3 nitrogen and oxygen atoms in total. The molecule has 2 aromatic rings. The highest BCUT2D eigenvalue weighted by molar-refractivity contribution is 5.76. The number of carbonyl (C=O) groups excluding carboxylic acids is 1. The average Bonchev–Trinajstić information content (AvgIpc) is 2.63. The molecule has 138 valence electrons. The van der Waals surface area contributed by atoms with Gasteiger partial charge >= 0.3 is 0 Å². The molecule has 0 spiro atoms. The summed E-state index contributed by atoms with van der Waals surface area (Å²) in [4.78, 5) is 14.5. The first-order valence-electron chi connectivity index (χ1n) is 9.37. The molecule has 1 fully saturated rings. The maximum absolute atomic E-state index is 13.3. The minimum Gasteiger partial charge on any atom is -0.381 e. The van der Waals surface area contributed by atoms with Crippen molar-refractivity contribution in [2.45, 2.75) is 45.6 Å². The van der Waals surface area contributed by atoms with Crippen LogP contribution in [0.15, 0.2) is 42.5 Å². The zero-order chi connectivity index (χ0) is 18.5. The number of aryl methyl sites for hydroxylation is 3. The van der Waals surface area contributed by atoms with Gasteiger partial charge in [-0.25, -0.2) is 4.39 Å². The molecule has 1 amide bonds. The third kappa shape index (κ3) is 4.84. The normalized spacial score (nSPS) is 17.2. The third-order valence-electron chi connectivity index (χ3n) is 5.17. The van der Waals surface area contributed by atoms with Gasteiger partial charge in [0, 0.05) is 31.2 Å². The number of rotatable bonds is 5. The van der Waals surface area contributed by atoms with Crippen molar-refractivity contribution in [3.63, 3.8) is 0 Å². The summed E-state index contributed by atoms with van der Waals surface area (Å²) in [5.74, 6) is -0.0913. The van der Waals surface area contributed by atoms with Gasteiger partial charge in [-0.2, -0.15) is 0 Å². The number of anilines is 1. The summed E-state index contributed by atoms with van der Waals surface area (Å²) < 4.78 is 13.3. The Labute approximate surface area is 155 Å². The monoisotopic (exact) mass is 354 g/mol. The Balaban J connectivity index is 1.53. The van der Waals surface area contributed by atoms with Crippen molar-refractivity contribution < 1.29 is 9.18 Å². The molecule has 2 aromatic carbocycles. The van der Waals surface area contributed by atoms with E-state index < -0.39 is 0 Å². The summed E-state index contributed by atoms with van der Waals surface area (Å²) in [7, 11) is 0. The Kier molecular flexibility index (Phi) is 5.92. The van der Waals surface area contributed by atoms with E-state index in [-0.39, 0.29) is 17.8 Å². The molecule has 1 atom stereocenters. The minimum atomic E-state index is -0.245. The van der Waals surface area contributed by atoms with Crippen LogP contribution in [-0.2, 0) is 11.2 Å². The number of carbonyl (C=O) groups is 1. The van der Waals surface area contributed by atoms with E-state index in [1.165, 1.54) is 23.3 Å². The quantitative estimate of drug-likeness (QED) is 0.859. The molecule has 4 heteroatoms. The molecule has 1 aliphatic heterocycles. The fourth-order valence-electron chi connectivity index (χ4n) is 3.49. The van der Waals surface area contributed by atoms with Crippen LogP contribution in [0.3, 0.4) is 0 Å². The van der Waals surface area contributed by atoms with E-state index in [0.717, 1.165) is 37.2 Å². The van der Waals surface area contributed by atoms with Crippen molar-refractivity contribution in [1.82, 2.24) is 4.90 Å². The van der Waals surface area contributed by atoms with Crippen LogP contribution in [-0.4, -0.2) is 29.9 Å². The molecule has 1 saturated heterocycles. The van der Waals surface area contributed by atoms with Gasteiger partial charge in [0.1, 0.15) is 5.82 Å². The van der Waals surface area contributed by atoms with E-state index in [9.17, 15) is 9.18 Å². The topological polar surface area (TPSA) is 32.3 Å². The highest BCUT2D eigenvalue weighted by atomic mass is 19.1. The SMILES string of the molecule is Cc1ccc(NC2CCCN(C(=O)CCc3cccc(F)c3)C2)cc1C. The second kappa shape index (κ2) is 8.35. The zero-order valence-electron chi connectivity index (χ0n) is 15.6. The highest BCUT2D eigenvalue weighted by Crippen LogP contribution is 2.20. The number of halogens is 1. The lowest BCUT2D eigenvalue weighted by atomic mass is 10.0. The first-order chi connectivity index (χ1) is 12.5. The number of nitrogens with zero attached hydrogens (tertiary/aromatic N) is 1. The molecule has 1 N–H and O–H groups in total. The summed E-state index contributed by atoms with van der Waals surface area (Å²) >= 11 is 0. The fraction of sp³-hybridized carbons (Fsp3) is 0.409. The van der Waals surface area contributed by atoms with E-state index in [0.29, 0.717) is 12.8 Å². The fourth-order valence-corrected chi connectivity index (χ4v) is 3.49. The molecule has 0 bridgehead atoms. The van der Waals surface area contributed by atoms with E-state index in [2.05, 4.69) is 37.4 Å². The van der Waals surface area contributed by atoms with E-state index in [1.807, 2.05) is 11.0 Å². The standard InChI is InChI=1S/C22H27FN2O/c1-16-8-10-20(13-17(16)2)24-21-7-4-12-25(15-21)22(26)11-9-18-5-3-6-19(23)14-18/h3,5-6,8,10,13-14,21,24H,4,7,9,11-12,15H2,1-2H3. The van der Waals surface area contributed by atoms with Gasteiger partial charge in [0.05, 0.1) is 0 Å². The molecule has 26 heavy (non-hydrogen) atoms. The maximum atomic E-state index is 13.3. The van der Waals surface area contributed by atoms with Crippen LogP contribution in [0.4, 0.5) is 10.1 Å². The molecule has 0 radical (unpaired) electrons. The van der Waals surface area contributed by atoms with Gasteiger partial charge in [0.15, 0.2) is 0 Å². The molecular weight excluding hydrogens is 327 g/mol. The van der Waals surface area contributed by atoms with E-state index in [4.69, 9.17) is 0 Å². The van der Waals surface area contributed by atoms with Gasteiger partial charge < -0.3 is 10.2 Å². The molecule has 1 heterocycles. The van der Waals surface area contributed by atoms with Gasteiger partial charge in [-0.1, -0.05) is 18.2 Å². The lowest BCUT2D eigenvalue weighted by Crippen LogP contribution is -2.45. The molecule has 1 aliphatic rings. The van der Waals surface area contributed by atoms with Crippen molar-refractivity contribution in [2.24, 2.45) is 0 Å². The second-order valence-electron chi connectivity index (χ2n) is 7.25. The molecule has 3 rings (SSSR count). The maximum Gasteiger partial charge on any atom is 0.222 e. The first-order valence-corrected chi connectivity index (χ1v) is 9.37. The molecule has 1 unspecified atom stereocenters. The van der Waals surface area contributed by atoms with Gasteiger partial charge in [-0.05, 0) is 74.1 Å². The Morgan fingerprint density at radius 1 is 1.19 bits per heavy atom. The number of hydrogen-bond acceptors (Lipinski definition) is 2. The van der Waals surface area contributed by atoms with Crippen molar-refractivity contribution in [3.05, 3.63) is 65.0 Å². The van der Waals surface area contributed by atoms with Crippen molar-refractivity contribution in [1.29, 1.82) is 0 Å². The Hall–Kier alpha value is -2.36. The van der Waals surface area contributed by atoms with Crippen LogP contribution in [0, 0.1) is 19.7 Å². The van der Waals surface area contributed by atoms with Crippen LogP contribution in [0.5, 0.6) is 0 Å². The third-order valence-corrected chi connectivity index (χ3v) is 5.17. The van der Waals surface area contributed by atoms with Gasteiger partial charge in [0.25, 0.3) is 0 Å². The van der Waals surface area contributed by atoms with Crippen molar-refractivity contribution >= 4 is 11.6 Å². The largest absolute Gasteiger partial charge is 0.381 e. The lowest BCUT2D eigenvalue weighted by Gasteiger charge is -2.34. The van der Waals surface area contributed by atoms with E-state index >= 15 is 0 Å². The minimum absolute atomic E-state index is 0.154. The van der Waals surface area contributed by atoms with Crippen LogP contribution in [0.1, 0.15) is 36.0 Å². The summed E-state index contributed by atoms with van der Waals surface area (Å²) in [5.41, 5.74) is 4.55. The summed E-state index contributed by atoms with van der Waals surface area (Å²) in [6.07, 6.45) is 3.09. The molecular formula is C22H27FN2O. The highest BCUT2D eigenvalue weighted by Gasteiger charge is 2.23. The summed E-state index contributed by atoms with van der Waals surface area (Å²) in [6, 6.07) is 13.2. The number of nitrogens with one attached hydrogen (secondary N) is 1. The zero-order valence-corrected chi connectivity index (χ0v) is 15.6. The van der Waals surface area contributed by atoms with Crippen LogP contribution in [0.25, 0.3) is 0 Å². The summed E-state index contributed by atoms with van der Waals surface area (Å²) in [6.45, 7) is 5.77. The van der Waals surface area contributed by atoms with Gasteiger partial charge in [-0.3, -0.25) is 4.79 Å². The Morgan fingerprint density at radius 2 is 2.04 bits per heavy atom. The van der Waals surface area contributed by atoms with Crippen LogP contribution >= 0.6 is 0 Å². The van der Waals surface area contributed by atoms with Crippen LogP contribution in [0.2, 0.25) is 0 Å². The Morgan fingerprint density at radius 3 is 2.81 bits per heavy atom. The molecule has 0 aromatic heterocycles. The van der Waals surface area contributed by atoms with E-state index in [1.54, 1.807) is 6.07 Å². The number of piperidine rings is 1. The molecule has 0 saturated carbocycles. The number of likely N-dealkylation sites (tertiary alicyclic amines) is 1. The number of benzene rings is 2.